The van der Waals surface area contributed by atoms with E-state index in [1.165, 1.54) is 25.0 Å². The fraction of sp³-hybridized carbons (Fsp3) is 0.538. The van der Waals surface area contributed by atoms with Crippen molar-refractivity contribution >= 4 is 34.6 Å². The number of nitro benzene ring substituents is 1. The van der Waals surface area contributed by atoms with Crippen molar-refractivity contribution in [2.24, 2.45) is 0 Å². The molecule has 2 rings (SSSR count). The predicted octanol–water partition coefficient (Wildman–Crippen LogP) is 3.80. The summed E-state index contributed by atoms with van der Waals surface area (Å²) in [5.74, 6) is 0. The first-order valence-corrected chi connectivity index (χ1v) is 7.25. The molecule has 1 aliphatic carbocycles. The van der Waals surface area contributed by atoms with Gasteiger partial charge in [-0.15, -0.1) is 0 Å². The molecule has 0 radical (unpaired) electrons. The van der Waals surface area contributed by atoms with Crippen LogP contribution in [0.4, 0.5) is 11.4 Å². The Kier molecular flexibility index (Phi) is 4.73. The molecule has 110 valence electrons. The zero-order valence-corrected chi connectivity index (χ0v) is 12.9. The Hall–Kier alpha value is -1.04. The molecule has 20 heavy (non-hydrogen) atoms. The van der Waals surface area contributed by atoms with Gasteiger partial charge in [-0.05, 0) is 26.8 Å². The van der Waals surface area contributed by atoms with E-state index in [1.54, 1.807) is 0 Å². The summed E-state index contributed by atoms with van der Waals surface area (Å²) >= 11 is 12.1. The highest BCUT2D eigenvalue weighted by Gasteiger charge is 2.29. The third kappa shape index (κ3) is 3.53. The summed E-state index contributed by atoms with van der Waals surface area (Å²) in [4.78, 5) is 12.5. The molecule has 0 heterocycles. The quantitative estimate of drug-likeness (QED) is 0.640. The standard InChI is InChI=1S/C13H17Cl2N3O2/c1-8(17(2)9-3-4-9)7-16-13-11(14)5-10(18(19)20)6-12(13)15/h5-6,8-9,16H,3-4,7H2,1-2H3. The molecule has 0 spiro atoms. The third-order valence-corrected chi connectivity index (χ3v) is 4.23. The molecule has 7 heteroatoms. The molecular weight excluding hydrogens is 301 g/mol. The highest BCUT2D eigenvalue weighted by molar-refractivity contribution is 6.39. The van der Waals surface area contributed by atoms with Crippen LogP contribution < -0.4 is 5.32 Å². The summed E-state index contributed by atoms with van der Waals surface area (Å²) in [5, 5.41) is 14.4. The summed E-state index contributed by atoms with van der Waals surface area (Å²) in [6, 6.07) is 3.63. The van der Waals surface area contributed by atoms with E-state index in [4.69, 9.17) is 23.2 Å². The summed E-state index contributed by atoms with van der Waals surface area (Å²) in [6.45, 7) is 2.81. The van der Waals surface area contributed by atoms with E-state index in [2.05, 4.69) is 24.2 Å². The van der Waals surface area contributed by atoms with Gasteiger partial charge in [-0.25, -0.2) is 0 Å². The summed E-state index contributed by atoms with van der Waals surface area (Å²) in [6.07, 6.45) is 2.50. The Morgan fingerprint density at radius 2 is 2.00 bits per heavy atom. The molecule has 1 fully saturated rings. The Balaban J connectivity index is 2.03. The van der Waals surface area contributed by atoms with Gasteiger partial charge in [0.1, 0.15) is 0 Å². The lowest BCUT2D eigenvalue weighted by Crippen LogP contribution is -2.36. The number of rotatable bonds is 6. The average Bonchev–Trinajstić information content (AvgIpc) is 3.20. The van der Waals surface area contributed by atoms with Gasteiger partial charge in [0.05, 0.1) is 20.7 Å². The van der Waals surface area contributed by atoms with Gasteiger partial charge in [-0.1, -0.05) is 23.2 Å². The van der Waals surface area contributed by atoms with Crippen LogP contribution in [0.1, 0.15) is 19.8 Å². The highest BCUT2D eigenvalue weighted by Crippen LogP contribution is 2.35. The minimum absolute atomic E-state index is 0.103. The van der Waals surface area contributed by atoms with Crippen molar-refractivity contribution in [3.05, 3.63) is 32.3 Å². The van der Waals surface area contributed by atoms with Gasteiger partial charge in [-0.3, -0.25) is 15.0 Å². The van der Waals surface area contributed by atoms with Gasteiger partial charge in [0.25, 0.3) is 5.69 Å². The number of likely N-dealkylation sites (N-methyl/N-ethyl adjacent to an activating group) is 1. The molecule has 1 unspecified atom stereocenters. The molecule has 5 nitrogen and oxygen atoms in total. The molecule has 0 bridgehead atoms. The topological polar surface area (TPSA) is 58.4 Å². The molecule has 1 aromatic rings. The largest absolute Gasteiger partial charge is 0.381 e. The maximum atomic E-state index is 10.7. The van der Waals surface area contributed by atoms with Crippen LogP contribution in [-0.4, -0.2) is 35.5 Å². The van der Waals surface area contributed by atoms with Crippen molar-refractivity contribution in [1.82, 2.24) is 4.90 Å². The number of non-ortho nitro benzene ring substituents is 1. The minimum atomic E-state index is -0.509. The number of benzene rings is 1. The van der Waals surface area contributed by atoms with Crippen LogP contribution in [0.25, 0.3) is 0 Å². The lowest BCUT2D eigenvalue weighted by molar-refractivity contribution is -0.384. The van der Waals surface area contributed by atoms with E-state index >= 15 is 0 Å². The van der Waals surface area contributed by atoms with Crippen LogP contribution in [-0.2, 0) is 0 Å². The van der Waals surface area contributed by atoms with Gasteiger partial charge in [0.15, 0.2) is 0 Å². The molecule has 1 aromatic carbocycles. The van der Waals surface area contributed by atoms with Crippen molar-refractivity contribution < 1.29 is 4.92 Å². The number of hydrogen-bond acceptors (Lipinski definition) is 4. The second kappa shape index (κ2) is 6.16. The van der Waals surface area contributed by atoms with Gasteiger partial charge >= 0.3 is 0 Å². The molecule has 1 aliphatic rings. The van der Waals surface area contributed by atoms with Gasteiger partial charge in [0, 0.05) is 30.8 Å². The maximum absolute atomic E-state index is 10.7. The maximum Gasteiger partial charge on any atom is 0.272 e. The van der Waals surface area contributed by atoms with Crippen LogP contribution >= 0.6 is 23.2 Å². The first-order valence-electron chi connectivity index (χ1n) is 6.49. The zero-order valence-electron chi connectivity index (χ0n) is 11.4. The van der Waals surface area contributed by atoms with E-state index in [9.17, 15) is 10.1 Å². The van der Waals surface area contributed by atoms with Crippen molar-refractivity contribution in [2.45, 2.75) is 31.8 Å². The number of nitrogens with zero attached hydrogens (tertiary/aromatic N) is 2. The van der Waals surface area contributed by atoms with E-state index in [-0.39, 0.29) is 15.7 Å². The Morgan fingerprint density at radius 3 is 2.45 bits per heavy atom. The van der Waals surface area contributed by atoms with E-state index < -0.39 is 4.92 Å². The number of halogens is 2. The molecule has 1 saturated carbocycles. The van der Waals surface area contributed by atoms with Crippen LogP contribution in [0.15, 0.2) is 12.1 Å². The van der Waals surface area contributed by atoms with Crippen molar-refractivity contribution in [3.8, 4) is 0 Å². The normalized spacial score (nSPS) is 16.2. The summed E-state index contributed by atoms with van der Waals surface area (Å²) in [5.41, 5.74) is 0.448. The lowest BCUT2D eigenvalue weighted by Gasteiger charge is -2.25. The highest BCUT2D eigenvalue weighted by atomic mass is 35.5. The van der Waals surface area contributed by atoms with Crippen molar-refractivity contribution in [3.63, 3.8) is 0 Å². The lowest BCUT2D eigenvalue weighted by atomic mass is 10.2. The summed E-state index contributed by atoms with van der Waals surface area (Å²) < 4.78 is 0. The second-order valence-corrected chi connectivity index (χ2v) is 5.98. The second-order valence-electron chi connectivity index (χ2n) is 5.17. The Morgan fingerprint density at radius 1 is 1.45 bits per heavy atom. The first kappa shape index (κ1) is 15.4. The van der Waals surface area contributed by atoms with E-state index in [0.29, 0.717) is 24.3 Å². The van der Waals surface area contributed by atoms with Crippen LogP contribution in [0.3, 0.4) is 0 Å². The zero-order chi connectivity index (χ0) is 14.9. The molecule has 0 aromatic heterocycles. The van der Waals surface area contributed by atoms with Gasteiger partial charge < -0.3 is 5.32 Å². The molecule has 1 N–H and O–H groups in total. The third-order valence-electron chi connectivity index (χ3n) is 3.63. The Bertz CT molecular complexity index is 497. The molecular formula is C13H17Cl2N3O2. The smallest absolute Gasteiger partial charge is 0.272 e. The first-order chi connectivity index (χ1) is 9.40. The molecule has 0 amide bonds. The fourth-order valence-corrected chi connectivity index (χ4v) is 2.68. The monoisotopic (exact) mass is 317 g/mol. The number of hydrogen-bond donors (Lipinski definition) is 1. The van der Waals surface area contributed by atoms with Crippen LogP contribution in [0.2, 0.25) is 10.0 Å². The van der Waals surface area contributed by atoms with Crippen molar-refractivity contribution in [2.75, 3.05) is 18.9 Å². The SMILES string of the molecule is CC(CNc1c(Cl)cc([N+](=O)[O-])cc1Cl)N(C)C1CC1. The summed E-state index contributed by atoms with van der Waals surface area (Å²) in [7, 11) is 2.10. The number of anilines is 1. The minimum Gasteiger partial charge on any atom is -0.381 e. The van der Waals surface area contributed by atoms with E-state index in [1.807, 2.05) is 0 Å². The van der Waals surface area contributed by atoms with Gasteiger partial charge in [0.2, 0.25) is 0 Å². The number of nitro groups is 1. The van der Waals surface area contributed by atoms with Gasteiger partial charge in [-0.2, -0.15) is 0 Å². The van der Waals surface area contributed by atoms with Crippen LogP contribution in [0.5, 0.6) is 0 Å². The Labute approximate surface area is 128 Å². The van der Waals surface area contributed by atoms with Crippen LogP contribution in [0, 0.1) is 10.1 Å². The molecule has 0 saturated heterocycles. The predicted molar refractivity (Wildman–Crippen MR) is 81.9 cm³/mol. The van der Waals surface area contributed by atoms with Crippen molar-refractivity contribution in [1.29, 1.82) is 0 Å². The fourth-order valence-electron chi connectivity index (χ4n) is 2.07. The number of nitrogens with one attached hydrogen (secondary N) is 1. The molecule has 1 atom stereocenters. The van der Waals surface area contributed by atoms with E-state index in [0.717, 1.165) is 0 Å². The average molecular weight is 318 g/mol. The molecule has 0 aliphatic heterocycles.